The van der Waals surface area contributed by atoms with Crippen molar-refractivity contribution in [1.29, 1.82) is 0 Å². The highest BCUT2D eigenvalue weighted by atomic mass is 32.2. The van der Waals surface area contributed by atoms with Gasteiger partial charge in [-0.25, -0.2) is 9.29 Å². The summed E-state index contributed by atoms with van der Waals surface area (Å²) in [6.45, 7) is -0.310. The van der Waals surface area contributed by atoms with Gasteiger partial charge < -0.3 is 10.1 Å². The van der Waals surface area contributed by atoms with Crippen LogP contribution in [0.4, 0.5) is 15.8 Å². The molecule has 6 rings (SSSR count). The van der Waals surface area contributed by atoms with Crippen molar-refractivity contribution in [2.45, 2.75) is 22.7 Å². The first-order chi connectivity index (χ1) is 19.4. The average Bonchev–Trinajstić information content (AvgIpc) is 3.40. The molecule has 1 N–H and O–H groups in total. The van der Waals surface area contributed by atoms with E-state index in [-0.39, 0.29) is 23.2 Å². The third kappa shape index (κ3) is 4.40. The second-order valence-electron chi connectivity index (χ2n) is 9.31. The number of hydrogen-bond acceptors (Lipinski definition) is 7. The number of aromatic nitrogens is 1. The first kappa shape index (κ1) is 26.0. The first-order valence-corrected chi connectivity index (χ1v) is 14.1. The number of amides is 3. The number of carbonyl (C=O) groups excluding carboxylic acids is 3. The molecule has 3 heterocycles. The number of para-hydroxylation sites is 2. The Morgan fingerprint density at radius 1 is 0.950 bits per heavy atom. The van der Waals surface area contributed by atoms with Crippen molar-refractivity contribution in [3.63, 3.8) is 0 Å². The Bertz CT molecular complexity index is 1690. The Kier molecular flexibility index (Phi) is 6.77. The van der Waals surface area contributed by atoms with Crippen LogP contribution >= 0.6 is 23.1 Å². The normalized spacial score (nSPS) is 19.8. The van der Waals surface area contributed by atoms with Crippen LogP contribution in [0.5, 0.6) is 5.75 Å². The van der Waals surface area contributed by atoms with Crippen molar-refractivity contribution in [2.75, 3.05) is 17.3 Å². The largest absolute Gasteiger partial charge is 0.496 e. The van der Waals surface area contributed by atoms with Crippen molar-refractivity contribution in [2.24, 2.45) is 5.92 Å². The van der Waals surface area contributed by atoms with Crippen LogP contribution in [0.25, 0.3) is 0 Å². The van der Waals surface area contributed by atoms with Crippen molar-refractivity contribution in [3.8, 4) is 5.75 Å². The summed E-state index contributed by atoms with van der Waals surface area (Å²) in [6.07, 6.45) is 0. The minimum atomic E-state index is -0.810. The molecule has 8 nitrogen and oxygen atoms in total. The molecule has 4 aromatic rings. The van der Waals surface area contributed by atoms with Crippen LogP contribution in [0.15, 0.2) is 88.7 Å². The fourth-order valence-electron chi connectivity index (χ4n) is 5.22. The summed E-state index contributed by atoms with van der Waals surface area (Å²) in [4.78, 5) is 55.3. The van der Waals surface area contributed by atoms with Gasteiger partial charge in [-0.15, -0.1) is 0 Å². The van der Waals surface area contributed by atoms with E-state index >= 15 is 0 Å². The molecule has 3 amide bonds. The molecule has 202 valence electrons. The van der Waals surface area contributed by atoms with E-state index in [9.17, 15) is 23.6 Å². The predicted molar refractivity (Wildman–Crippen MR) is 151 cm³/mol. The molecule has 11 heteroatoms. The number of thiazole rings is 1. The number of nitrogens with zero attached hydrogens (tertiary/aromatic N) is 2. The predicted octanol–water partition coefficient (Wildman–Crippen LogP) is 4.49. The second kappa shape index (κ2) is 10.4. The molecule has 1 saturated heterocycles. The van der Waals surface area contributed by atoms with E-state index in [4.69, 9.17) is 4.74 Å². The topological polar surface area (TPSA) is 97.7 Å². The van der Waals surface area contributed by atoms with E-state index < -0.39 is 28.8 Å². The molecule has 2 aliphatic rings. The van der Waals surface area contributed by atoms with E-state index in [1.54, 1.807) is 36.4 Å². The summed E-state index contributed by atoms with van der Waals surface area (Å²) in [6, 6.07) is 21.3. The molecular formula is C29H22FN3O5S2. The van der Waals surface area contributed by atoms with Crippen LogP contribution in [0.3, 0.4) is 0 Å². The number of methoxy groups -OCH3 is 1. The lowest BCUT2D eigenvalue weighted by molar-refractivity contribution is -0.122. The van der Waals surface area contributed by atoms with Crippen molar-refractivity contribution < 1.29 is 23.5 Å². The van der Waals surface area contributed by atoms with Crippen LogP contribution in [0.1, 0.15) is 16.4 Å². The zero-order valence-corrected chi connectivity index (χ0v) is 22.7. The standard InChI is InChI=1S/C29H22FN3O5S2/c1-38-20-10-6-5-9-19(20)22-23-24(27(36)33(26(23)35)18-7-3-2-4-8-18)39-28-25(22)40-29(37)32(28)15-21(34)31-17-13-11-16(30)12-14-17/h2-14,22-24H,15H2,1H3,(H,31,34)/t22-,23-,24+/m0/s1. The highest BCUT2D eigenvalue weighted by molar-refractivity contribution is 8.00. The molecule has 0 bridgehead atoms. The van der Waals surface area contributed by atoms with Crippen LogP contribution in [-0.2, 0) is 20.9 Å². The number of anilines is 2. The maximum absolute atomic E-state index is 13.9. The van der Waals surface area contributed by atoms with E-state index in [2.05, 4.69) is 5.32 Å². The highest BCUT2D eigenvalue weighted by Crippen LogP contribution is 2.55. The van der Waals surface area contributed by atoms with Gasteiger partial charge in [-0.3, -0.25) is 23.7 Å². The minimum Gasteiger partial charge on any atom is -0.496 e. The SMILES string of the molecule is COc1ccccc1[C@@H]1c2sc(=O)n(CC(=O)Nc3ccc(F)cc3)c2S[C@H]2C(=O)N(c3ccccc3)C(=O)[C@@H]12. The van der Waals surface area contributed by atoms with E-state index in [1.165, 1.54) is 40.8 Å². The summed E-state index contributed by atoms with van der Waals surface area (Å²) < 4.78 is 20.2. The van der Waals surface area contributed by atoms with Crippen LogP contribution in [-0.4, -0.2) is 34.6 Å². The van der Waals surface area contributed by atoms with E-state index in [1.807, 2.05) is 18.2 Å². The monoisotopic (exact) mass is 575 g/mol. The third-order valence-corrected chi connectivity index (χ3v) is 9.57. The smallest absolute Gasteiger partial charge is 0.308 e. The van der Waals surface area contributed by atoms with Gasteiger partial charge in [0.2, 0.25) is 17.7 Å². The molecule has 0 saturated carbocycles. The lowest BCUT2D eigenvalue weighted by Crippen LogP contribution is -2.33. The quantitative estimate of drug-likeness (QED) is 0.340. The van der Waals surface area contributed by atoms with E-state index in [0.29, 0.717) is 32.6 Å². The summed E-state index contributed by atoms with van der Waals surface area (Å²) in [5.74, 6) is -2.53. The number of benzene rings is 3. The molecule has 0 spiro atoms. The number of carbonyl (C=O) groups is 3. The fraction of sp³-hybridized carbons (Fsp3) is 0.172. The van der Waals surface area contributed by atoms with Gasteiger partial charge in [0.1, 0.15) is 23.4 Å². The molecule has 0 unspecified atom stereocenters. The molecule has 40 heavy (non-hydrogen) atoms. The van der Waals surface area contributed by atoms with Crippen LogP contribution < -0.4 is 19.8 Å². The van der Waals surface area contributed by atoms with Gasteiger partial charge in [-0.05, 0) is 42.5 Å². The maximum atomic E-state index is 13.9. The van der Waals surface area contributed by atoms with E-state index in [0.717, 1.165) is 23.1 Å². The molecule has 0 radical (unpaired) electrons. The molecule has 2 aliphatic heterocycles. The molecule has 3 atom stereocenters. The number of hydrogen-bond donors (Lipinski definition) is 1. The molecule has 1 aromatic heterocycles. The number of halogens is 1. The van der Waals surface area contributed by atoms with Gasteiger partial charge in [0.15, 0.2) is 0 Å². The summed E-state index contributed by atoms with van der Waals surface area (Å²) in [5.41, 5.74) is 1.55. The van der Waals surface area contributed by atoms with Gasteiger partial charge >= 0.3 is 4.87 Å². The van der Waals surface area contributed by atoms with Gasteiger partial charge in [0.05, 0.1) is 23.7 Å². The van der Waals surface area contributed by atoms with Crippen LogP contribution in [0, 0.1) is 11.7 Å². The van der Waals surface area contributed by atoms with Crippen LogP contribution in [0.2, 0.25) is 0 Å². The van der Waals surface area contributed by atoms with Crippen molar-refractivity contribution in [1.82, 2.24) is 4.57 Å². The maximum Gasteiger partial charge on any atom is 0.308 e. The lowest BCUT2D eigenvalue weighted by Gasteiger charge is -2.31. The number of nitrogens with one attached hydrogen (secondary N) is 1. The second-order valence-corrected chi connectivity index (χ2v) is 11.4. The summed E-state index contributed by atoms with van der Waals surface area (Å²) in [5, 5.41) is 2.33. The zero-order chi connectivity index (χ0) is 28.0. The summed E-state index contributed by atoms with van der Waals surface area (Å²) in [7, 11) is 1.53. The number of ether oxygens (including phenoxy) is 1. The Morgan fingerprint density at radius 3 is 2.38 bits per heavy atom. The Hall–Kier alpha value is -4.22. The summed E-state index contributed by atoms with van der Waals surface area (Å²) >= 11 is 2.10. The number of rotatable bonds is 6. The Balaban J connectivity index is 1.43. The lowest BCUT2D eigenvalue weighted by atomic mass is 9.82. The van der Waals surface area contributed by atoms with Gasteiger partial charge in [0, 0.05) is 22.0 Å². The van der Waals surface area contributed by atoms with Crippen molar-refractivity contribution >= 4 is 52.2 Å². The Labute approximate surface area is 236 Å². The minimum absolute atomic E-state index is 0.310. The zero-order valence-electron chi connectivity index (χ0n) is 21.1. The van der Waals surface area contributed by atoms with Gasteiger partial charge in [-0.1, -0.05) is 59.5 Å². The molecule has 1 fully saturated rings. The fourth-order valence-corrected chi connectivity index (χ4v) is 7.99. The highest BCUT2D eigenvalue weighted by Gasteiger charge is 2.57. The third-order valence-electron chi connectivity index (χ3n) is 6.97. The number of thioether (sulfide) groups is 1. The Morgan fingerprint density at radius 2 is 1.65 bits per heavy atom. The molecular weight excluding hydrogens is 553 g/mol. The first-order valence-electron chi connectivity index (χ1n) is 12.4. The number of imide groups is 1. The number of fused-ring (bicyclic) bond motifs is 2. The molecule has 0 aliphatic carbocycles. The van der Waals surface area contributed by atoms with Crippen molar-refractivity contribution in [3.05, 3.63) is 105 Å². The molecule has 3 aromatic carbocycles. The van der Waals surface area contributed by atoms with Gasteiger partial charge in [-0.2, -0.15) is 0 Å². The van der Waals surface area contributed by atoms with Gasteiger partial charge in [0.25, 0.3) is 0 Å². The average molecular weight is 576 g/mol.